The summed E-state index contributed by atoms with van der Waals surface area (Å²) < 4.78 is 11.0. The molecule has 4 aliphatic rings. The van der Waals surface area contributed by atoms with Crippen molar-refractivity contribution in [3.63, 3.8) is 0 Å². The Morgan fingerprint density at radius 2 is 0.949 bits per heavy atom. The Bertz CT molecular complexity index is 1450. The maximum Gasteiger partial charge on any atom is 0.244 e. The molecule has 4 aliphatic heterocycles. The number of guanidine groups is 4. The predicted molar refractivity (Wildman–Crippen MR) is 155 cm³/mol. The molecule has 2 aromatic rings. The fourth-order valence-electron chi connectivity index (χ4n) is 5.52. The number of hydrogen-bond donors (Lipinski definition) is 0. The Kier molecular flexibility index (Phi) is 6.25. The molecule has 1 fully saturated rings. The molecule has 0 spiro atoms. The summed E-state index contributed by atoms with van der Waals surface area (Å²) in [6, 6.07) is 7.97. The van der Waals surface area contributed by atoms with Gasteiger partial charge >= 0.3 is 0 Å². The summed E-state index contributed by atoms with van der Waals surface area (Å²) >= 11 is 0. The Balaban J connectivity index is 1.54. The molecule has 0 aromatic heterocycles. The van der Waals surface area contributed by atoms with Gasteiger partial charge in [0, 0.05) is 24.2 Å². The van der Waals surface area contributed by atoms with E-state index in [1.165, 1.54) is 6.42 Å². The Morgan fingerprint density at radius 3 is 1.41 bits per heavy atom. The van der Waals surface area contributed by atoms with E-state index in [0.717, 1.165) is 70.8 Å². The molecule has 0 saturated carbocycles. The van der Waals surface area contributed by atoms with Crippen LogP contribution in [0, 0.1) is 27.7 Å². The number of aryl methyl sites for hydroxylation is 4. The third kappa shape index (κ3) is 4.39. The molecule has 0 aliphatic carbocycles. The number of amidine groups is 2. The number of methoxy groups -OCH3 is 2. The predicted octanol–water partition coefficient (Wildman–Crippen LogP) is 4.38. The van der Waals surface area contributed by atoms with Gasteiger partial charge in [-0.15, -0.1) is 0 Å². The van der Waals surface area contributed by atoms with Gasteiger partial charge in [-0.1, -0.05) is 0 Å². The number of ether oxygens (including phenoxy) is 2. The van der Waals surface area contributed by atoms with E-state index in [1.54, 1.807) is 19.1 Å². The lowest BCUT2D eigenvalue weighted by Crippen LogP contribution is -2.50. The molecule has 0 N–H and O–H groups in total. The van der Waals surface area contributed by atoms with Gasteiger partial charge in [0.25, 0.3) is 0 Å². The molecule has 6 rings (SSSR count). The van der Waals surface area contributed by atoms with Gasteiger partial charge in [0.2, 0.25) is 23.8 Å². The zero-order valence-corrected chi connectivity index (χ0v) is 23.2. The lowest BCUT2D eigenvalue weighted by molar-refractivity contribution is 0.339. The van der Waals surface area contributed by atoms with Crippen LogP contribution in [-0.2, 0) is 0 Å². The van der Waals surface area contributed by atoms with Crippen LogP contribution in [0.2, 0.25) is 0 Å². The van der Waals surface area contributed by atoms with Gasteiger partial charge in [0.1, 0.15) is 11.5 Å². The van der Waals surface area contributed by atoms with Gasteiger partial charge < -0.3 is 14.4 Å². The zero-order chi connectivity index (χ0) is 27.3. The van der Waals surface area contributed by atoms with Crippen molar-refractivity contribution in [2.75, 3.05) is 27.3 Å². The first kappa shape index (κ1) is 25.0. The number of aliphatic imine (C=N–C) groups is 6. The van der Waals surface area contributed by atoms with Gasteiger partial charge in [0.05, 0.1) is 14.2 Å². The fourth-order valence-corrected chi connectivity index (χ4v) is 5.52. The quantitative estimate of drug-likeness (QED) is 0.593. The van der Waals surface area contributed by atoms with Crippen molar-refractivity contribution in [3.8, 4) is 11.5 Å². The van der Waals surface area contributed by atoms with E-state index in [2.05, 4.69) is 4.90 Å². The fraction of sp³-hybridized carbons (Fsp3) is 0.379. The first-order valence-corrected chi connectivity index (χ1v) is 13.2. The van der Waals surface area contributed by atoms with Crippen molar-refractivity contribution in [2.24, 2.45) is 30.0 Å². The minimum atomic E-state index is 0.449. The standard InChI is InChI=1S/C29H32N8O2/c1-16-12-20(38-5)13-17(2)22(16)24-30-27-31-25(23-18(3)14-21(39-6)15-19(23)4)33-29-35-26(34-28(32-24)37(27)29)36-10-8-7-9-11-36/h12-15H,7-11H2,1-6H3. The van der Waals surface area contributed by atoms with E-state index in [9.17, 15) is 0 Å². The first-order chi connectivity index (χ1) is 18.9. The molecule has 0 amide bonds. The number of hydrogen-bond acceptors (Lipinski definition) is 10. The van der Waals surface area contributed by atoms with Crippen LogP contribution in [0.3, 0.4) is 0 Å². The SMILES string of the molecule is COc1cc(C)c(C2=NC3=NC(c4c(C)cc(OC)cc4C)=NC4=NC(N5CCCCC5)=NC(=N2)N34)c(C)c1. The van der Waals surface area contributed by atoms with E-state index in [0.29, 0.717) is 35.5 Å². The third-order valence-electron chi connectivity index (χ3n) is 7.39. The minimum absolute atomic E-state index is 0.449. The summed E-state index contributed by atoms with van der Waals surface area (Å²) in [4.78, 5) is 33.5. The minimum Gasteiger partial charge on any atom is -0.497 e. The maximum atomic E-state index is 5.48. The number of rotatable bonds is 4. The summed E-state index contributed by atoms with van der Waals surface area (Å²) in [6.45, 7) is 9.97. The zero-order valence-electron chi connectivity index (χ0n) is 23.2. The van der Waals surface area contributed by atoms with Gasteiger partial charge in [-0.3, -0.25) is 0 Å². The smallest absolute Gasteiger partial charge is 0.244 e. The number of benzene rings is 2. The van der Waals surface area contributed by atoms with Crippen LogP contribution < -0.4 is 9.47 Å². The van der Waals surface area contributed by atoms with Crippen LogP contribution in [0.4, 0.5) is 0 Å². The third-order valence-corrected chi connectivity index (χ3v) is 7.39. The van der Waals surface area contributed by atoms with Crippen LogP contribution in [0.5, 0.6) is 11.5 Å². The van der Waals surface area contributed by atoms with Crippen molar-refractivity contribution in [3.05, 3.63) is 57.6 Å². The van der Waals surface area contributed by atoms with Crippen LogP contribution in [-0.4, -0.2) is 72.6 Å². The highest BCUT2D eigenvalue weighted by Gasteiger charge is 2.37. The van der Waals surface area contributed by atoms with Crippen molar-refractivity contribution < 1.29 is 9.47 Å². The average molecular weight is 525 g/mol. The van der Waals surface area contributed by atoms with E-state index >= 15 is 0 Å². The molecule has 1 saturated heterocycles. The van der Waals surface area contributed by atoms with Gasteiger partial charge in [-0.25, -0.2) is 4.90 Å². The Labute approximate surface area is 228 Å². The van der Waals surface area contributed by atoms with Crippen molar-refractivity contribution in [2.45, 2.75) is 47.0 Å². The summed E-state index contributed by atoms with van der Waals surface area (Å²) in [7, 11) is 3.34. The largest absolute Gasteiger partial charge is 0.497 e. The molecule has 2 aromatic carbocycles. The molecule has 0 atom stereocenters. The molecular formula is C29H32N8O2. The average Bonchev–Trinajstić information content (AvgIpc) is 2.92. The Hall–Kier alpha value is -4.34. The van der Waals surface area contributed by atoms with E-state index < -0.39 is 0 Å². The second-order valence-corrected chi connectivity index (χ2v) is 10.2. The monoisotopic (exact) mass is 524 g/mol. The molecule has 4 heterocycles. The van der Waals surface area contributed by atoms with Crippen molar-refractivity contribution in [1.29, 1.82) is 0 Å². The van der Waals surface area contributed by atoms with Crippen molar-refractivity contribution >= 4 is 35.5 Å². The molecule has 10 nitrogen and oxygen atoms in total. The highest BCUT2D eigenvalue weighted by atomic mass is 16.5. The van der Waals surface area contributed by atoms with E-state index in [1.807, 2.05) is 52.0 Å². The summed E-state index contributed by atoms with van der Waals surface area (Å²) in [5.74, 6) is 4.75. The summed E-state index contributed by atoms with van der Waals surface area (Å²) in [5, 5.41) is 0. The lowest BCUT2D eigenvalue weighted by Gasteiger charge is -2.34. The highest BCUT2D eigenvalue weighted by molar-refractivity contribution is 6.33. The topological polar surface area (TPSA) is 99.1 Å². The van der Waals surface area contributed by atoms with E-state index in [4.69, 9.17) is 39.4 Å². The molecular weight excluding hydrogens is 492 g/mol. The molecule has 10 heteroatoms. The summed E-state index contributed by atoms with van der Waals surface area (Å²) in [6.07, 6.45) is 3.44. The lowest BCUT2D eigenvalue weighted by atomic mass is 10.0. The highest BCUT2D eigenvalue weighted by Crippen LogP contribution is 2.29. The normalized spacial score (nSPS) is 18.3. The number of piperidine rings is 1. The van der Waals surface area contributed by atoms with Crippen LogP contribution in [0.25, 0.3) is 0 Å². The maximum absolute atomic E-state index is 5.48. The second-order valence-electron chi connectivity index (χ2n) is 10.2. The van der Waals surface area contributed by atoms with Crippen LogP contribution in [0.15, 0.2) is 54.2 Å². The number of nitrogens with zero attached hydrogens (tertiary/aromatic N) is 8. The van der Waals surface area contributed by atoms with Crippen LogP contribution >= 0.6 is 0 Å². The van der Waals surface area contributed by atoms with Crippen LogP contribution in [0.1, 0.15) is 52.6 Å². The van der Waals surface area contributed by atoms with E-state index in [-0.39, 0.29) is 0 Å². The van der Waals surface area contributed by atoms with Gasteiger partial charge in [-0.05, 0) is 93.5 Å². The van der Waals surface area contributed by atoms with Gasteiger partial charge in [0.15, 0.2) is 11.7 Å². The number of likely N-dealkylation sites (tertiary alicyclic amines) is 1. The molecule has 0 bridgehead atoms. The molecule has 0 radical (unpaired) electrons. The van der Waals surface area contributed by atoms with Crippen molar-refractivity contribution in [1.82, 2.24) is 9.80 Å². The summed E-state index contributed by atoms with van der Waals surface area (Å²) in [5.41, 5.74) is 5.93. The Morgan fingerprint density at radius 1 is 0.538 bits per heavy atom. The molecule has 0 unspecified atom stereocenters. The molecule has 200 valence electrons. The first-order valence-electron chi connectivity index (χ1n) is 13.2. The molecule has 39 heavy (non-hydrogen) atoms. The second kappa shape index (κ2) is 9.76. The van der Waals surface area contributed by atoms with Gasteiger partial charge in [-0.2, -0.15) is 30.0 Å².